The van der Waals surface area contributed by atoms with Gasteiger partial charge in [0, 0.05) is 50.1 Å². The average Bonchev–Trinajstić information content (AvgIpc) is 3.33. The summed E-state index contributed by atoms with van der Waals surface area (Å²) in [6.07, 6.45) is 0.815. The molecule has 136 valence electrons. The van der Waals surface area contributed by atoms with Crippen LogP contribution in [-0.4, -0.2) is 51.1 Å². The van der Waals surface area contributed by atoms with Crippen molar-refractivity contribution >= 4 is 11.3 Å². The molecule has 1 aliphatic heterocycles. The lowest BCUT2D eigenvalue weighted by molar-refractivity contribution is 0.111. The van der Waals surface area contributed by atoms with Crippen LogP contribution in [0.4, 0.5) is 0 Å². The molecule has 0 spiro atoms. The van der Waals surface area contributed by atoms with Gasteiger partial charge in [0.1, 0.15) is 5.01 Å². The molecule has 0 unspecified atom stereocenters. The maximum Gasteiger partial charge on any atom is 0.240 e. The van der Waals surface area contributed by atoms with Crippen LogP contribution in [0.3, 0.4) is 0 Å². The van der Waals surface area contributed by atoms with Crippen LogP contribution in [0.2, 0.25) is 0 Å². The van der Waals surface area contributed by atoms with Crippen LogP contribution >= 0.6 is 11.3 Å². The SMILES string of the molecule is CCc1noc(CN2CCN(Cc3csc(-c4ccccc4)n3)CC2)n1. The Labute approximate surface area is 157 Å². The van der Waals surface area contributed by atoms with Crippen molar-refractivity contribution in [3.63, 3.8) is 0 Å². The molecule has 7 heteroatoms. The van der Waals surface area contributed by atoms with Gasteiger partial charge >= 0.3 is 0 Å². The monoisotopic (exact) mass is 369 g/mol. The highest BCUT2D eigenvalue weighted by molar-refractivity contribution is 7.13. The van der Waals surface area contributed by atoms with Gasteiger partial charge in [-0.1, -0.05) is 42.4 Å². The summed E-state index contributed by atoms with van der Waals surface area (Å²) >= 11 is 1.72. The molecule has 0 N–H and O–H groups in total. The number of nitrogens with zero attached hydrogens (tertiary/aromatic N) is 5. The molecular weight excluding hydrogens is 346 g/mol. The van der Waals surface area contributed by atoms with Gasteiger partial charge in [-0.2, -0.15) is 4.98 Å². The Hall–Kier alpha value is -2.09. The minimum atomic E-state index is 0.724. The number of benzene rings is 1. The lowest BCUT2D eigenvalue weighted by Gasteiger charge is -2.33. The molecule has 0 atom stereocenters. The highest BCUT2D eigenvalue weighted by Gasteiger charge is 2.20. The lowest BCUT2D eigenvalue weighted by atomic mass is 10.2. The molecule has 0 amide bonds. The van der Waals surface area contributed by atoms with Gasteiger partial charge in [-0.3, -0.25) is 9.80 Å². The number of aryl methyl sites for hydroxylation is 1. The highest BCUT2D eigenvalue weighted by atomic mass is 32.1. The Morgan fingerprint density at radius 1 is 1.00 bits per heavy atom. The van der Waals surface area contributed by atoms with Crippen molar-refractivity contribution in [2.75, 3.05) is 26.2 Å². The number of piperazine rings is 1. The van der Waals surface area contributed by atoms with E-state index in [1.807, 2.05) is 13.0 Å². The zero-order valence-corrected chi connectivity index (χ0v) is 15.8. The number of rotatable bonds is 6. The molecule has 6 nitrogen and oxygen atoms in total. The van der Waals surface area contributed by atoms with Crippen molar-refractivity contribution in [3.05, 3.63) is 53.1 Å². The topological polar surface area (TPSA) is 58.3 Å². The van der Waals surface area contributed by atoms with E-state index in [2.05, 4.69) is 49.6 Å². The Morgan fingerprint density at radius 3 is 2.42 bits per heavy atom. The zero-order valence-electron chi connectivity index (χ0n) is 15.0. The van der Waals surface area contributed by atoms with E-state index in [1.165, 1.54) is 5.56 Å². The first-order valence-corrected chi connectivity index (χ1v) is 9.94. The van der Waals surface area contributed by atoms with Crippen molar-refractivity contribution < 1.29 is 4.52 Å². The van der Waals surface area contributed by atoms with Gasteiger partial charge in [0.25, 0.3) is 0 Å². The first-order valence-electron chi connectivity index (χ1n) is 9.06. The van der Waals surface area contributed by atoms with Gasteiger partial charge < -0.3 is 4.52 Å². The number of hydrogen-bond donors (Lipinski definition) is 0. The minimum absolute atomic E-state index is 0.724. The molecular formula is C19H23N5OS. The molecule has 0 radical (unpaired) electrons. The molecule has 1 aromatic carbocycles. The summed E-state index contributed by atoms with van der Waals surface area (Å²) in [6, 6.07) is 10.4. The molecule has 3 aromatic rings. The predicted octanol–water partition coefficient (Wildman–Crippen LogP) is 3.07. The fraction of sp³-hybridized carbons (Fsp3) is 0.421. The maximum absolute atomic E-state index is 5.30. The predicted molar refractivity (Wildman–Crippen MR) is 102 cm³/mol. The number of hydrogen-bond acceptors (Lipinski definition) is 7. The van der Waals surface area contributed by atoms with Crippen molar-refractivity contribution in [2.24, 2.45) is 0 Å². The second kappa shape index (κ2) is 8.07. The van der Waals surface area contributed by atoms with Gasteiger partial charge in [-0.15, -0.1) is 11.3 Å². The molecule has 1 aliphatic rings. The normalized spacial score (nSPS) is 16.2. The van der Waals surface area contributed by atoms with Crippen LogP contribution in [0, 0.1) is 0 Å². The second-order valence-corrected chi connectivity index (χ2v) is 7.38. The average molecular weight is 369 g/mol. The van der Waals surface area contributed by atoms with E-state index in [9.17, 15) is 0 Å². The van der Waals surface area contributed by atoms with E-state index in [1.54, 1.807) is 11.3 Å². The highest BCUT2D eigenvalue weighted by Crippen LogP contribution is 2.24. The summed E-state index contributed by atoms with van der Waals surface area (Å²) < 4.78 is 5.30. The number of aromatic nitrogens is 3. The van der Waals surface area contributed by atoms with Crippen molar-refractivity contribution in [2.45, 2.75) is 26.4 Å². The van der Waals surface area contributed by atoms with Crippen LogP contribution in [-0.2, 0) is 19.5 Å². The Balaban J connectivity index is 1.28. The summed E-state index contributed by atoms with van der Waals surface area (Å²) in [5.74, 6) is 1.51. The summed E-state index contributed by atoms with van der Waals surface area (Å²) in [5.41, 5.74) is 2.35. The number of thiazole rings is 1. The first-order chi connectivity index (χ1) is 12.8. The summed E-state index contributed by atoms with van der Waals surface area (Å²) in [7, 11) is 0. The van der Waals surface area contributed by atoms with Crippen LogP contribution in [0.15, 0.2) is 40.2 Å². The standard InChI is InChI=1S/C19H23N5OS/c1-2-17-21-18(25-22-17)13-24-10-8-23(9-11-24)12-16-14-26-19(20-16)15-6-4-3-5-7-15/h3-7,14H,2,8-13H2,1H3. The Bertz CT molecular complexity index is 823. The molecule has 4 rings (SSSR count). The van der Waals surface area contributed by atoms with Crippen molar-refractivity contribution in [1.82, 2.24) is 24.9 Å². The first kappa shape index (κ1) is 17.3. The quantitative estimate of drug-likeness (QED) is 0.666. The van der Waals surface area contributed by atoms with Crippen LogP contribution in [0.25, 0.3) is 10.6 Å². The van der Waals surface area contributed by atoms with Gasteiger partial charge in [-0.05, 0) is 0 Å². The van der Waals surface area contributed by atoms with E-state index in [0.29, 0.717) is 0 Å². The summed E-state index contributed by atoms with van der Waals surface area (Å²) in [4.78, 5) is 14.0. The van der Waals surface area contributed by atoms with E-state index in [0.717, 1.165) is 68.1 Å². The van der Waals surface area contributed by atoms with E-state index >= 15 is 0 Å². The van der Waals surface area contributed by atoms with E-state index in [-0.39, 0.29) is 0 Å². The molecule has 1 fully saturated rings. The van der Waals surface area contributed by atoms with Gasteiger partial charge in [-0.25, -0.2) is 4.98 Å². The van der Waals surface area contributed by atoms with Gasteiger partial charge in [0.2, 0.25) is 5.89 Å². The summed E-state index contributed by atoms with van der Waals surface area (Å²) in [5, 5.41) is 7.25. The van der Waals surface area contributed by atoms with Gasteiger partial charge in [0.15, 0.2) is 5.82 Å². The maximum atomic E-state index is 5.30. The van der Waals surface area contributed by atoms with Gasteiger partial charge in [0.05, 0.1) is 12.2 Å². The molecule has 3 heterocycles. The Morgan fingerprint density at radius 2 is 1.73 bits per heavy atom. The zero-order chi connectivity index (χ0) is 17.8. The summed E-state index contributed by atoms with van der Waals surface area (Å²) in [6.45, 7) is 7.79. The molecule has 1 saturated heterocycles. The second-order valence-electron chi connectivity index (χ2n) is 6.52. The third-order valence-corrected chi connectivity index (χ3v) is 5.55. The lowest BCUT2D eigenvalue weighted by Crippen LogP contribution is -2.45. The Kier molecular flexibility index (Phi) is 5.38. The smallest absolute Gasteiger partial charge is 0.240 e. The molecule has 0 aliphatic carbocycles. The molecule has 26 heavy (non-hydrogen) atoms. The third kappa shape index (κ3) is 4.17. The van der Waals surface area contributed by atoms with Crippen molar-refractivity contribution in [1.29, 1.82) is 0 Å². The van der Waals surface area contributed by atoms with Crippen molar-refractivity contribution in [3.8, 4) is 10.6 Å². The fourth-order valence-corrected chi connectivity index (χ4v) is 3.93. The molecule has 0 saturated carbocycles. The van der Waals surface area contributed by atoms with Crippen LogP contribution in [0.5, 0.6) is 0 Å². The third-order valence-electron chi connectivity index (χ3n) is 4.61. The largest absolute Gasteiger partial charge is 0.338 e. The fourth-order valence-electron chi connectivity index (χ4n) is 3.12. The van der Waals surface area contributed by atoms with E-state index < -0.39 is 0 Å². The van der Waals surface area contributed by atoms with E-state index in [4.69, 9.17) is 9.51 Å². The minimum Gasteiger partial charge on any atom is -0.338 e. The van der Waals surface area contributed by atoms with Crippen LogP contribution in [0.1, 0.15) is 24.3 Å². The molecule has 0 bridgehead atoms. The molecule has 2 aromatic heterocycles. The van der Waals surface area contributed by atoms with Crippen LogP contribution < -0.4 is 0 Å².